The lowest BCUT2D eigenvalue weighted by Gasteiger charge is -2.05. The van der Waals surface area contributed by atoms with E-state index in [0.29, 0.717) is 12.1 Å². The zero-order valence-corrected chi connectivity index (χ0v) is 12.3. The molecule has 5 nitrogen and oxygen atoms in total. The summed E-state index contributed by atoms with van der Waals surface area (Å²) in [5.74, 6) is -0.0989. The monoisotopic (exact) mass is 298 g/mol. The lowest BCUT2D eigenvalue weighted by Crippen LogP contribution is -2.23. The first-order valence-corrected chi connectivity index (χ1v) is 7.46. The Morgan fingerprint density at radius 1 is 1.33 bits per heavy atom. The van der Waals surface area contributed by atoms with Gasteiger partial charge in [-0.15, -0.1) is 5.10 Å². The second kappa shape index (κ2) is 5.88. The van der Waals surface area contributed by atoms with E-state index < -0.39 is 0 Å². The minimum Gasteiger partial charge on any atom is -0.346 e. The number of nitrogens with zero attached hydrogens (tertiary/aromatic N) is 3. The van der Waals surface area contributed by atoms with E-state index in [2.05, 4.69) is 15.6 Å². The highest BCUT2D eigenvalue weighted by Gasteiger charge is 2.09. The fourth-order valence-corrected chi connectivity index (χ4v) is 2.61. The molecule has 21 heavy (non-hydrogen) atoms. The Kier molecular flexibility index (Phi) is 3.79. The predicted molar refractivity (Wildman–Crippen MR) is 81.6 cm³/mol. The maximum atomic E-state index is 12.1. The first-order chi connectivity index (χ1) is 10.2. The number of hydrogen-bond donors (Lipinski definition) is 1. The van der Waals surface area contributed by atoms with Crippen molar-refractivity contribution < 1.29 is 4.79 Å². The fraction of sp³-hybridized carbons (Fsp3) is 0.133. The Morgan fingerprint density at radius 2 is 2.19 bits per heavy atom. The molecular weight excluding hydrogens is 284 g/mol. The number of benzene rings is 1. The molecule has 3 aromatic rings. The van der Waals surface area contributed by atoms with Gasteiger partial charge in [0.2, 0.25) is 0 Å². The molecule has 2 aromatic heterocycles. The summed E-state index contributed by atoms with van der Waals surface area (Å²) >= 11 is 1.60. The molecule has 1 aromatic carbocycles. The van der Waals surface area contributed by atoms with E-state index in [0.717, 1.165) is 16.9 Å². The maximum Gasteiger partial charge on any atom is 0.251 e. The lowest BCUT2D eigenvalue weighted by atomic mass is 10.1. The van der Waals surface area contributed by atoms with Gasteiger partial charge in [0.15, 0.2) is 0 Å². The molecule has 0 atom stereocenters. The van der Waals surface area contributed by atoms with Crippen LogP contribution in [0.2, 0.25) is 0 Å². The number of aromatic nitrogens is 3. The molecule has 106 valence electrons. The number of carbonyl (C=O) groups excluding carboxylic acids is 1. The molecule has 0 aliphatic carbocycles. The molecule has 1 amide bonds. The van der Waals surface area contributed by atoms with Crippen molar-refractivity contribution in [2.45, 2.75) is 13.5 Å². The fourth-order valence-electron chi connectivity index (χ4n) is 1.99. The summed E-state index contributed by atoms with van der Waals surface area (Å²) in [6.07, 6.45) is 1.82. The standard InChI is InChI=1S/C15H14N4OS/c1-11-4-2-3-5-14(11)15(20)16-8-12-9-19(18-17-12)13-6-7-21-10-13/h2-7,9-10H,8H2,1H3,(H,16,20). The number of hydrogen-bond acceptors (Lipinski definition) is 4. The van der Waals surface area contributed by atoms with Crippen LogP contribution in [0.25, 0.3) is 5.69 Å². The topological polar surface area (TPSA) is 59.8 Å². The third-order valence-electron chi connectivity index (χ3n) is 3.13. The number of nitrogens with one attached hydrogen (secondary N) is 1. The third-order valence-corrected chi connectivity index (χ3v) is 3.80. The quantitative estimate of drug-likeness (QED) is 0.805. The van der Waals surface area contributed by atoms with Gasteiger partial charge in [0.1, 0.15) is 5.69 Å². The summed E-state index contributed by atoms with van der Waals surface area (Å²) < 4.78 is 1.70. The van der Waals surface area contributed by atoms with E-state index in [-0.39, 0.29) is 5.91 Å². The maximum absolute atomic E-state index is 12.1. The van der Waals surface area contributed by atoms with Gasteiger partial charge in [-0.25, -0.2) is 4.68 Å². The summed E-state index contributed by atoms with van der Waals surface area (Å²) in [4.78, 5) is 12.1. The minimum atomic E-state index is -0.0989. The molecule has 2 heterocycles. The van der Waals surface area contributed by atoms with Crippen molar-refractivity contribution in [3.05, 3.63) is 64.1 Å². The molecule has 0 aliphatic rings. The first kappa shape index (κ1) is 13.5. The van der Waals surface area contributed by atoms with Crippen LogP contribution in [-0.2, 0) is 6.54 Å². The molecule has 0 unspecified atom stereocenters. The molecule has 0 spiro atoms. The van der Waals surface area contributed by atoms with Gasteiger partial charge in [-0.1, -0.05) is 23.4 Å². The lowest BCUT2D eigenvalue weighted by molar-refractivity contribution is 0.0950. The molecule has 0 fully saturated rings. The van der Waals surface area contributed by atoms with Gasteiger partial charge in [0.25, 0.3) is 5.91 Å². The second-order valence-electron chi connectivity index (χ2n) is 4.63. The third kappa shape index (κ3) is 3.00. The summed E-state index contributed by atoms with van der Waals surface area (Å²) in [7, 11) is 0. The van der Waals surface area contributed by atoms with E-state index in [1.54, 1.807) is 16.0 Å². The second-order valence-corrected chi connectivity index (χ2v) is 5.41. The van der Waals surface area contributed by atoms with Gasteiger partial charge in [0, 0.05) is 10.9 Å². The summed E-state index contributed by atoms with van der Waals surface area (Å²) in [6.45, 7) is 2.28. The van der Waals surface area contributed by atoms with Crippen molar-refractivity contribution >= 4 is 17.2 Å². The van der Waals surface area contributed by atoms with Crippen molar-refractivity contribution in [2.24, 2.45) is 0 Å². The summed E-state index contributed by atoms with van der Waals surface area (Å²) in [5.41, 5.74) is 3.34. The highest BCUT2D eigenvalue weighted by atomic mass is 32.1. The van der Waals surface area contributed by atoms with Gasteiger partial charge < -0.3 is 5.32 Å². The molecular formula is C15H14N4OS. The summed E-state index contributed by atoms with van der Waals surface area (Å²) in [6, 6.07) is 9.47. The van der Waals surface area contributed by atoms with E-state index in [9.17, 15) is 4.79 Å². The van der Waals surface area contributed by atoms with Gasteiger partial charge >= 0.3 is 0 Å². The molecule has 0 aliphatic heterocycles. The molecule has 3 rings (SSSR count). The van der Waals surface area contributed by atoms with Gasteiger partial charge in [-0.3, -0.25) is 4.79 Å². The van der Waals surface area contributed by atoms with Crippen molar-refractivity contribution in [1.29, 1.82) is 0 Å². The number of thiophene rings is 1. The van der Waals surface area contributed by atoms with Gasteiger partial charge in [-0.2, -0.15) is 11.3 Å². The van der Waals surface area contributed by atoms with Crippen LogP contribution in [0.4, 0.5) is 0 Å². The predicted octanol–water partition coefficient (Wildman–Crippen LogP) is 2.57. The van der Waals surface area contributed by atoms with Crippen LogP contribution in [0.3, 0.4) is 0 Å². The van der Waals surface area contributed by atoms with Crippen molar-refractivity contribution in [2.75, 3.05) is 0 Å². The minimum absolute atomic E-state index is 0.0989. The van der Waals surface area contributed by atoms with Crippen LogP contribution < -0.4 is 5.32 Å². The van der Waals surface area contributed by atoms with Crippen LogP contribution in [0.15, 0.2) is 47.3 Å². The van der Waals surface area contributed by atoms with Crippen LogP contribution in [0.5, 0.6) is 0 Å². The van der Waals surface area contributed by atoms with Crippen LogP contribution in [0.1, 0.15) is 21.6 Å². The SMILES string of the molecule is Cc1ccccc1C(=O)NCc1cn(-c2ccsc2)nn1. The summed E-state index contributed by atoms with van der Waals surface area (Å²) in [5, 5.41) is 14.9. The van der Waals surface area contributed by atoms with E-state index in [1.807, 2.05) is 54.2 Å². The Bertz CT molecular complexity index is 749. The van der Waals surface area contributed by atoms with E-state index in [4.69, 9.17) is 0 Å². The van der Waals surface area contributed by atoms with E-state index >= 15 is 0 Å². The molecule has 6 heteroatoms. The van der Waals surface area contributed by atoms with Crippen LogP contribution >= 0.6 is 11.3 Å². The highest BCUT2D eigenvalue weighted by Crippen LogP contribution is 2.11. The van der Waals surface area contributed by atoms with Crippen LogP contribution in [0, 0.1) is 6.92 Å². The zero-order valence-electron chi connectivity index (χ0n) is 11.5. The Hall–Kier alpha value is -2.47. The molecule has 1 N–H and O–H groups in total. The van der Waals surface area contributed by atoms with Gasteiger partial charge in [-0.05, 0) is 30.0 Å². The van der Waals surface area contributed by atoms with Gasteiger partial charge in [0.05, 0.1) is 18.4 Å². The Labute approximate surface area is 126 Å². The molecule has 0 bridgehead atoms. The Balaban J connectivity index is 1.66. The highest BCUT2D eigenvalue weighted by molar-refractivity contribution is 7.08. The number of carbonyl (C=O) groups is 1. The van der Waals surface area contributed by atoms with Crippen LogP contribution in [-0.4, -0.2) is 20.9 Å². The molecule has 0 saturated carbocycles. The number of amides is 1. The number of aryl methyl sites for hydroxylation is 1. The average Bonchev–Trinajstić information content (AvgIpc) is 3.16. The first-order valence-electron chi connectivity index (χ1n) is 6.51. The number of rotatable bonds is 4. The molecule has 0 saturated heterocycles. The Morgan fingerprint density at radius 3 is 2.95 bits per heavy atom. The zero-order chi connectivity index (χ0) is 14.7. The smallest absolute Gasteiger partial charge is 0.251 e. The van der Waals surface area contributed by atoms with Crippen molar-refractivity contribution in [1.82, 2.24) is 20.3 Å². The molecule has 0 radical (unpaired) electrons. The normalized spacial score (nSPS) is 10.5. The largest absolute Gasteiger partial charge is 0.346 e. The van der Waals surface area contributed by atoms with E-state index in [1.165, 1.54) is 0 Å². The average molecular weight is 298 g/mol. The van der Waals surface area contributed by atoms with Crippen molar-refractivity contribution in [3.8, 4) is 5.69 Å². The van der Waals surface area contributed by atoms with Crippen molar-refractivity contribution in [3.63, 3.8) is 0 Å².